The standard InChI is InChI=1S/C20H16N6O5/c27-17-20(18(28)24-19(29)23-17)8-1-9-26(20)13-4-7-15(21-10-13)31-14-5-2-12(3-6-14)16-25-22-11-30-16/h2-7,10-11H,1,8-9H2,(H2,23,24,27,28,29). The number of anilines is 1. The second-order valence-electron chi connectivity index (χ2n) is 7.08. The van der Waals surface area contributed by atoms with Crippen LogP contribution in [-0.2, 0) is 9.59 Å². The molecule has 11 heteroatoms. The molecule has 1 aromatic carbocycles. The molecule has 11 nitrogen and oxygen atoms in total. The van der Waals surface area contributed by atoms with Gasteiger partial charge in [-0.2, -0.15) is 0 Å². The van der Waals surface area contributed by atoms with E-state index >= 15 is 0 Å². The Morgan fingerprint density at radius 3 is 2.45 bits per heavy atom. The van der Waals surface area contributed by atoms with Gasteiger partial charge in [0.15, 0.2) is 5.54 Å². The Morgan fingerprint density at radius 1 is 1.03 bits per heavy atom. The van der Waals surface area contributed by atoms with Gasteiger partial charge < -0.3 is 14.1 Å². The van der Waals surface area contributed by atoms with Crippen molar-refractivity contribution in [2.45, 2.75) is 18.4 Å². The molecular weight excluding hydrogens is 404 g/mol. The maximum absolute atomic E-state index is 12.5. The van der Waals surface area contributed by atoms with Gasteiger partial charge in [-0.25, -0.2) is 9.78 Å². The van der Waals surface area contributed by atoms with Crippen molar-refractivity contribution >= 4 is 23.5 Å². The highest BCUT2D eigenvalue weighted by Gasteiger charge is 2.57. The van der Waals surface area contributed by atoms with Gasteiger partial charge in [0, 0.05) is 18.2 Å². The fraction of sp³-hybridized carbons (Fsp3) is 0.200. The van der Waals surface area contributed by atoms with E-state index in [2.05, 4.69) is 25.8 Å². The molecule has 2 N–H and O–H groups in total. The van der Waals surface area contributed by atoms with Gasteiger partial charge in [0.1, 0.15) is 5.75 Å². The smallest absolute Gasteiger partial charge is 0.328 e. The predicted molar refractivity (Wildman–Crippen MR) is 105 cm³/mol. The molecule has 1 spiro atoms. The summed E-state index contributed by atoms with van der Waals surface area (Å²) in [7, 11) is 0. The summed E-state index contributed by atoms with van der Waals surface area (Å²) < 4.78 is 10.9. The SMILES string of the molecule is O=C1NC(=O)C2(CCCN2c2ccc(Oc3ccc(-c4nnco4)cc3)nc2)C(=O)N1. The summed E-state index contributed by atoms with van der Waals surface area (Å²) in [5, 5.41) is 11.9. The lowest BCUT2D eigenvalue weighted by atomic mass is 9.92. The first-order valence-electron chi connectivity index (χ1n) is 9.51. The third-order valence-electron chi connectivity index (χ3n) is 5.30. The van der Waals surface area contributed by atoms with E-state index in [1.165, 1.54) is 12.6 Å². The average Bonchev–Trinajstić information content (AvgIpc) is 3.45. The number of nitrogens with zero attached hydrogens (tertiary/aromatic N) is 4. The molecule has 0 unspecified atom stereocenters. The summed E-state index contributed by atoms with van der Waals surface area (Å²) >= 11 is 0. The number of pyridine rings is 1. The average molecular weight is 420 g/mol. The van der Waals surface area contributed by atoms with Crippen LogP contribution in [0, 0.1) is 0 Å². The van der Waals surface area contributed by atoms with Crippen molar-refractivity contribution in [3.63, 3.8) is 0 Å². The lowest BCUT2D eigenvalue weighted by Crippen LogP contribution is -2.71. The highest BCUT2D eigenvalue weighted by molar-refractivity contribution is 6.24. The monoisotopic (exact) mass is 420 g/mol. The van der Waals surface area contributed by atoms with Crippen molar-refractivity contribution in [2.75, 3.05) is 11.4 Å². The first-order chi connectivity index (χ1) is 15.1. The van der Waals surface area contributed by atoms with Crippen LogP contribution in [0.3, 0.4) is 0 Å². The van der Waals surface area contributed by atoms with Crippen molar-refractivity contribution in [3.8, 4) is 23.1 Å². The number of barbiturate groups is 1. The number of ether oxygens (including phenoxy) is 1. The molecule has 0 radical (unpaired) electrons. The Labute approximate surface area is 175 Å². The van der Waals surface area contributed by atoms with Crippen LogP contribution in [0.25, 0.3) is 11.5 Å². The highest BCUT2D eigenvalue weighted by Crippen LogP contribution is 2.36. The predicted octanol–water partition coefficient (Wildman–Crippen LogP) is 1.63. The molecule has 0 aliphatic carbocycles. The van der Waals surface area contributed by atoms with Crippen LogP contribution in [0.15, 0.2) is 53.4 Å². The molecule has 4 amide bonds. The number of hydrogen-bond acceptors (Lipinski definition) is 9. The zero-order valence-corrected chi connectivity index (χ0v) is 16.1. The molecule has 0 bridgehead atoms. The van der Waals surface area contributed by atoms with E-state index in [9.17, 15) is 14.4 Å². The van der Waals surface area contributed by atoms with Gasteiger partial charge in [-0.15, -0.1) is 10.2 Å². The van der Waals surface area contributed by atoms with Gasteiger partial charge in [0.25, 0.3) is 11.8 Å². The Morgan fingerprint density at radius 2 is 1.81 bits per heavy atom. The summed E-state index contributed by atoms with van der Waals surface area (Å²) in [5.74, 6) is 0.0628. The normalized spacial score (nSPS) is 17.5. The van der Waals surface area contributed by atoms with E-state index in [0.29, 0.717) is 42.6 Å². The van der Waals surface area contributed by atoms with Gasteiger partial charge in [-0.1, -0.05) is 0 Å². The van der Waals surface area contributed by atoms with E-state index in [1.54, 1.807) is 41.3 Å². The summed E-state index contributed by atoms with van der Waals surface area (Å²) in [5.41, 5.74) is -0.117. The molecule has 31 heavy (non-hydrogen) atoms. The van der Waals surface area contributed by atoms with Crippen LogP contribution in [-0.4, -0.2) is 45.1 Å². The van der Waals surface area contributed by atoms with Gasteiger partial charge in [-0.05, 0) is 43.2 Å². The minimum atomic E-state index is -1.46. The fourth-order valence-electron chi connectivity index (χ4n) is 3.87. The van der Waals surface area contributed by atoms with Gasteiger partial charge >= 0.3 is 6.03 Å². The molecule has 2 aliphatic rings. The zero-order chi connectivity index (χ0) is 21.4. The molecule has 0 saturated carbocycles. The Hall–Kier alpha value is -4.28. The minimum absolute atomic E-state index is 0.308. The number of carbonyl (C=O) groups excluding carboxylic acids is 3. The molecule has 2 fully saturated rings. The van der Waals surface area contributed by atoms with Crippen LogP contribution < -0.4 is 20.3 Å². The molecule has 5 rings (SSSR count). The second-order valence-corrected chi connectivity index (χ2v) is 7.08. The highest BCUT2D eigenvalue weighted by atomic mass is 16.5. The molecular formula is C20H16N6O5. The summed E-state index contributed by atoms with van der Waals surface area (Å²) in [6.45, 7) is 0.480. The number of amides is 4. The van der Waals surface area contributed by atoms with E-state index < -0.39 is 23.4 Å². The fourth-order valence-corrected chi connectivity index (χ4v) is 3.87. The van der Waals surface area contributed by atoms with E-state index in [-0.39, 0.29) is 0 Å². The maximum Gasteiger partial charge on any atom is 0.328 e. The van der Waals surface area contributed by atoms with Crippen molar-refractivity contribution in [3.05, 3.63) is 49.0 Å². The van der Waals surface area contributed by atoms with Gasteiger partial charge in [0.2, 0.25) is 18.2 Å². The molecule has 156 valence electrons. The van der Waals surface area contributed by atoms with Crippen LogP contribution in [0.1, 0.15) is 12.8 Å². The van der Waals surface area contributed by atoms with Crippen molar-refractivity contribution in [1.82, 2.24) is 25.8 Å². The minimum Gasteiger partial charge on any atom is -0.439 e. The first-order valence-corrected chi connectivity index (χ1v) is 9.51. The van der Waals surface area contributed by atoms with Crippen molar-refractivity contribution in [2.24, 2.45) is 0 Å². The number of hydrogen-bond donors (Lipinski definition) is 2. The molecule has 4 heterocycles. The largest absolute Gasteiger partial charge is 0.439 e. The number of imide groups is 2. The topological polar surface area (TPSA) is 140 Å². The molecule has 2 aromatic heterocycles. The zero-order valence-electron chi connectivity index (χ0n) is 16.1. The number of aromatic nitrogens is 3. The number of carbonyl (C=O) groups is 3. The summed E-state index contributed by atoms with van der Waals surface area (Å²) in [6.07, 6.45) is 3.72. The Balaban J connectivity index is 1.33. The lowest BCUT2D eigenvalue weighted by molar-refractivity contribution is -0.137. The third-order valence-corrected chi connectivity index (χ3v) is 5.30. The van der Waals surface area contributed by atoms with E-state index in [1.807, 2.05) is 0 Å². The molecule has 3 aromatic rings. The second kappa shape index (κ2) is 7.20. The maximum atomic E-state index is 12.5. The lowest BCUT2D eigenvalue weighted by Gasteiger charge is -2.38. The van der Waals surface area contributed by atoms with E-state index in [0.717, 1.165) is 5.56 Å². The number of benzene rings is 1. The van der Waals surface area contributed by atoms with Crippen LogP contribution in [0.5, 0.6) is 11.6 Å². The van der Waals surface area contributed by atoms with Crippen LogP contribution >= 0.6 is 0 Å². The van der Waals surface area contributed by atoms with Gasteiger partial charge in [-0.3, -0.25) is 20.2 Å². The quantitative estimate of drug-likeness (QED) is 0.603. The van der Waals surface area contributed by atoms with Gasteiger partial charge in [0.05, 0.1) is 11.9 Å². The van der Waals surface area contributed by atoms with Crippen molar-refractivity contribution < 1.29 is 23.5 Å². The third kappa shape index (κ3) is 3.16. The Kier molecular flexibility index (Phi) is 4.35. The molecule has 0 atom stereocenters. The first kappa shape index (κ1) is 18.7. The Bertz CT molecular complexity index is 1120. The molecule has 2 saturated heterocycles. The molecule has 2 aliphatic heterocycles. The number of rotatable bonds is 4. The number of nitrogens with one attached hydrogen (secondary N) is 2. The van der Waals surface area contributed by atoms with Crippen LogP contribution in [0.2, 0.25) is 0 Å². The summed E-state index contributed by atoms with van der Waals surface area (Å²) in [4.78, 5) is 42.5. The number of urea groups is 1. The van der Waals surface area contributed by atoms with Crippen LogP contribution in [0.4, 0.5) is 10.5 Å². The summed E-state index contributed by atoms with van der Waals surface area (Å²) in [6, 6.07) is 9.63. The van der Waals surface area contributed by atoms with Crippen molar-refractivity contribution in [1.29, 1.82) is 0 Å². The van der Waals surface area contributed by atoms with E-state index in [4.69, 9.17) is 9.15 Å².